The number of fused-ring (bicyclic) bond motifs is 1. The summed E-state index contributed by atoms with van der Waals surface area (Å²) < 4.78 is 29.2. The molecule has 6 nitrogen and oxygen atoms in total. The first-order chi connectivity index (χ1) is 15.5. The number of hydrogen-bond acceptors (Lipinski definition) is 4. The Morgan fingerprint density at radius 2 is 1.88 bits per heavy atom. The van der Waals surface area contributed by atoms with Crippen molar-refractivity contribution in [2.24, 2.45) is 11.8 Å². The summed E-state index contributed by atoms with van der Waals surface area (Å²) in [4.78, 5) is 16.2. The molecule has 176 valence electrons. The van der Waals surface area contributed by atoms with E-state index in [0.29, 0.717) is 34.8 Å². The molecule has 8 heteroatoms. The van der Waals surface area contributed by atoms with Gasteiger partial charge in [-0.1, -0.05) is 13.8 Å². The number of carbonyl (C=O) groups excluding carboxylic acids is 1. The quantitative estimate of drug-likeness (QED) is 0.526. The normalized spacial score (nSPS) is 19.3. The molecule has 0 spiro atoms. The van der Waals surface area contributed by atoms with E-state index in [9.17, 15) is 18.7 Å². The maximum atomic E-state index is 14.1. The van der Waals surface area contributed by atoms with E-state index in [4.69, 9.17) is 5.10 Å². The van der Waals surface area contributed by atoms with Gasteiger partial charge in [-0.2, -0.15) is 5.10 Å². The monoisotopic (exact) mass is 456 g/mol. The number of anilines is 1. The molecular formula is C25H30F2N4O2. The molecule has 1 amide bonds. The maximum absolute atomic E-state index is 14.1. The Morgan fingerprint density at radius 1 is 1.18 bits per heavy atom. The fourth-order valence-corrected chi connectivity index (χ4v) is 4.68. The third-order valence-electron chi connectivity index (χ3n) is 6.65. The van der Waals surface area contributed by atoms with Gasteiger partial charge in [0.2, 0.25) is 0 Å². The molecule has 1 saturated carbocycles. The Balaban J connectivity index is 1.65. The zero-order valence-corrected chi connectivity index (χ0v) is 19.4. The first-order valence-electron chi connectivity index (χ1n) is 11.4. The maximum Gasteiger partial charge on any atom is 0.277 e. The molecule has 2 N–H and O–H groups in total. The molecular weight excluding hydrogens is 426 g/mol. The number of nitrogens with zero attached hydrogens (tertiary/aromatic N) is 3. The molecule has 0 aliphatic heterocycles. The summed E-state index contributed by atoms with van der Waals surface area (Å²) in [6, 6.07) is 4.40. The number of pyridine rings is 1. The number of amides is 1. The van der Waals surface area contributed by atoms with Crippen molar-refractivity contribution in [3.05, 3.63) is 53.5 Å². The minimum atomic E-state index is -1.29. The molecule has 1 aliphatic carbocycles. The molecule has 33 heavy (non-hydrogen) atoms. The van der Waals surface area contributed by atoms with Crippen molar-refractivity contribution in [2.75, 3.05) is 5.32 Å². The third-order valence-corrected chi connectivity index (χ3v) is 6.65. The van der Waals surface area contributed by atoms with Gasteiger partial charge >= 0.3 is 0 Å². The SMILES string of the molecule is CC(C)[C@H]1CC[C@H](n2cc3cc(NC(=O)c4ncc(F)cc4F)c(C(C)(C)O)cc3n2)CC1. The van der Waals surface area contributed by atoms with Gasteiger partial charge in [0.05, 0.1) is 23.4 Å². The van der Waals surface area contributed by atoms with E-state index >= 15 is 0 Å². The minimum Gasteiger partial charge on any atom is -0.386 e. The van der Waals surface area contributed by atoms with Gasteiger partial charge in [-0.25, -0.2) is 13.8 Å². The lowest BCUT2D eigenvalue weighted by atomic mass is 9.80. The van der Waals surface area contributed by atoms with E-state index < -0.39 is 28.8 Å². The van der Waals surface area contributed by atoms with Crippen LogP contribution in [-0.2, 0) is 5.60 Å². The zero-order chi connectivity index (χ0) is 23.9. The van der Waals surface area contributed by atoms with Crippen LogP contribution < -0.4 is 5.32 Å². The number of benzene rings is 1. The van der Waals surface area contributed by atoms with E-state index in [1.165, 1.54) is 12.8 Å². The van der Waals surface area contributed by atoms with Crippen molar-refractivity contribution in [3.8, 4) is 0 Å². The first-order valence-corrected chi connectivity index (χ1v) is 11.4. The predicted molar refractivity (Wildman–Crippen MR) is 123 cm³/mol. The smallest absolute Gasteiger partial charge is 0.277 e. The minimum absolute atomic E-state index is 0.313. The van der Waals surface area contributed by atoms with Crippen LogP contribution >= 0.6 is 0 Å². The number of rotatable bonds is 5. The van der Waals surface area contributed by atoms with Gasteiger partial charge in [0.25, 0.3) is 5.91 Å². The van der Waals surface area contributed by atoms with Crippen LogP contribution in [-0.4, -0.2) is 25.8 Å². The van der Waals surface area contributed by atoms with E-state index in [1.54, 1.807) is 26.0 Å². The van der Waals surface area contributed by atoms with Gasteiger partial charge in [0.15, 0.2) is 11.5 Å². The third kappa shape index (κ3) is 4.90. The molecule has 0 atom stereocenters. The van der Waals surface area contributed by atoms with Crippen LogP contribution in [0.3, 0.4) is 0 Å². The molecule has 1 aromatic carbocycles. The van der Waals surface area contributed by atoms with Crippen molar-refractivity contribution >= 4 is 22.5 Å². The van der Waals surface area contributed by atoms with Crippen molar-refractivity contribution in [1.82, 2.24) is 14.8 Å². The Morgan fingerprint density at radius 3 is 2.48 bits per heavy atom. The molecule has 0 unspecified atom stereocenters. The highest BCUT2D eigenvalue weighted by Gasteiger charge is 2.27. The first kappa shape index (κ1) is 23.3. The van der Waals surface area contributed by atoms with Gasteiger partial charge in [-0.3, -0.25) is 9.48 Å². The molecule has 0 bridgehead atoms. The van der Waals surface area contributed by atoms with Crippen molar-refractivity contribution in [2.45, 2.75) is 65.0 Å². The fourth-order valence-electron chi connectivity index (χ4n) is 4.68. The molecule has 2 heterocycles. The molecule has 0 saturated heterocycles. The highest BCUT2D eigenvalue weighted by atomic mass is 19.1. The van der Waals surface area contributed by atoms with Crippen LogP contribution in [0.2, 0.25) is 0 Å². The lowest BCUT2D eigenvalue weighted by Gasteiger charge is -2.30. The standard InChI is InChI=1S/C25H30F2N4O2/c1-14(2)15-5-7-18(8-6-15)31-13-16-9-22(19(25(3,4)33)11-21(16)30-31)29-24(32)23-20(27)10-17(26)12-28-23/h9-15,18,33H,5-8H2,1-4H3,(H,29,32)/t15-,18-. The lowest BCUT2D eigenvalue weighted by Crippen LogP contribution is -2.22. The largest absolute Gasteiger partial charge is 0.386 e. The summed E-state index contributed by atoms with van der Waals surface area (Å²) in [5, 5.41) is 18.9. The summed E-state index contributed by atoms with van der Waals surface area (Å²) in [5.41, 5.74) is -0.323. The summed E-state index contributed by atoms with van der Waals surface area (Å²) in [7, 11) is 0. The highest BCUT2D eigenvalue weighted by Crippen LogP contribution is 2.37. The van der Waals surface area contributed by atoms with E-state index in [2.05, 4.69) is 24.1 Å². The number of aliphatic hydroxyl groups is 1. The second kappa shape index (κ2) is 8.82. The van der Waals surface area contributed by atoms with Gasteiger partial charge in [0, 0.05) is 28.9 Å². The topological polar surface area (TPSA) is 80.0 Å². The van der Waals surface area contributed by atoms with Gasteiger partial charge in [-0.15, -0.1) is 0 Å². The van der Waals surface area contributed by atoms with Crippen molar-refractivity contribution in [1.29, 1.82) is 0 Å². The number of aromatic nitrogens is 3. The van der Waals surface area contributed by atoms with Crippen LogP contribution in [0.15, 0.2) is 30.6 Å². The van der Waals surface area contributed by atoms with Crippen LogP contribution in [0.5, 0.6) is 0 Å². The van der Waals surface area contributed by atoms with E-state index in [-0.39, 0.29) is 0 Å². The Labute approximate surface area is 192 Å². The van der Waals surface area contributed by atoms with Crippen molar-refractivity contribution in [3.63, 3.8) is 0 Å². The number of nitrogens with one attached hydrogen (secondary N) is 1. The van der Waals surface area contributed by atoms with Gasteiger partial charge in [-0.05, 0) is 63.5 Å². The molecule has 2 aromatic heterocycles. The Bertz CT molecular complexity index is 1180. The second-order valence-electron chi connectivity index (χ2n) is 9.88. The van der Waals surface area contributed by atoms with E-state index in [1.807, 2.05) is 10.9 Å². The summed E-state index contributed by atoms with van der Waals surface area (Å²) in [6.07, 6.45) is 7.21. The van der Waals surface area contributed by atoms with Crippen LogP contribution in [0, 0.1) is 23.5 Å². The Hall–Kier alpha value is -2.87. The average molecular weight is 457 g/mol. The van der Waals surface area contributed by atoms with Gasteiger partial charge in [0.1, 0.15) is 5.82 Å². The van der Waals surface area contributed by atoms with Crippen molar-refractivity contribution < 1.29 is 18.7 Å². The predicted octanol–water partition coefficient (Wildman–Crippen LogP) is 5.58. The molecule has 0 radical (unpaired) electrons. The lowest BCUT2D eigenvalue weighted by molar-refractivity contribution is 0.0793. The summed E-state index contributed by atoms with van der Waals surface area (Å²) in [6.45, 7) is 7.75. The molecule has 4 rings (SSSR count). The number of hydrogen-bond donors (Lipinski definition) is 2. The second-order valence-corrected chi connectivity index (χ2v) is 9.88. The highest BCUT2D eigenvalue weighted by molar-refractivity contribution is 6.04. The van der Waals surface area contributed by atoms with E-state index in [0.717, 1.165) is 30.3 Å². The van der Waals surface area contributed by atoms with Crippen LogP contribution in [0.1, 0.15) is 75.5 Å². The average Bonchev–Trinajstić information content (AvgIpc) is 3.15. The summed E-state index contributed by atoms with van der Waals surface area (Å²) in [5.74, 6) is -1.31. The zero-order valence-electron chi connectivity index (χ0n) is 19.4. The Kier molecular flexibility index (Phi) is 6.22. The fraction of sp³-hybridized carbons (Fsp3) is 0.480. The van der Waals surface area contributed by atoms with Crippen LogP contribution in [0.4, 0.5) is 14.5 Å². The van der Waals surface area contributed by atoms with Gasteiger partial charge < -0.3 is 10.4 Å². The number of carbonyl (C=O) groups is 1. The molecule has 3 aromatic rings. The summed E-state index contributed by atoms with van der Waals surface area (Å²) >= 11 is 0. The molecule has 1 aliphatic rings. The van der Waals surface area contributed by atoms with Crippen LogP contribution in [0.25, 0.3) is 10.9 Å². The number of halogens is 2. The molecule has 1 fully saturated rings.